The molecule has 22 heavy (non-hydrogen) atoms. The van der Waals surface area contributed by atoms with Crippen molar-refractivity contribution in [1.82, 2.24) is 5.32 Å². The Morgan fingerprint density at radius 1 is 1.09 bits per heavy atom. The number of hydrogen-bond acceptors (Lipinski definition) is 3. The number of benzene rings is 1. The third-order valence-electron chi connectivity index (χ3n) is 5.11. The maximum atomic E-state index is 12.8. The summed E-state index contributed by atoms with van der Waals surface area (Å²) in [6.07, 6.45) is 4.76. The van der Waals surface area contributed by atoms with Crippen molar-refractivity contribution in [3.63, 3.8) is 0 Å². The summed E-state index contributed by atoms with van der Waals surface area (Å²) < 4.78 is 5.16. The van der Waals surface area contributed by atoms with Crippen LogP contribution in [-0.4, -0.2) is 24.5 Å². The lowest BCUT2D eigenvalue weighted by Gasteiger charge is -2.29. The van der Waals surface area contributed by atoms with Gasteiger partial charge in [0.05, 0.1) is 12.5 Å². The summed E-state index contributed by atoms with van der Waals surface area (Å²) in [6, 6.07) is 7.58. The first-order valence-corrected chi connectivity index (χ1v) is 7.79. The monoisotopic (exact) mass is 302 g/mol. The molecule has 2 aliphatic rings. The predicted molar refractivity (Wildman–Crippen MR) is 82.4 cm³/mol. The van der Waals surface area contributed by atoms with Gasteiger partial charge in [-0.25, -0.2) is 0 Å². The molecular weight excluding hydrogens is 280 g/mol. The molecule has 3 N–H and O–H groups in total. The number of nitrogens with one attached hydrogen (secondary N) is 1. The molecule has 0 radical (unpaired) electrons. The van der Waals surface area contributed by atoms with E-state index in [-0.39, 0.29) is 5.91 Å². The average molecular weight is 302 g/mol. The summed E-state index contributed by atoms with van der Waals surface area (Å²) in [5.74, 6) is 0.284. The molecule has 1 aromatic carbocycles. The molecule has 118 valence electrons. The average Bonchev–Trinajstić information content (AvgIpc) is 3.21. The molecule has 0 aromatic heterocycles. The molecule has 2 aliphatic carbocycles. The van der Waals surface area contributed by atoms with E-state index in [4.69, 9.17) is 10.5 Å². The molecule has 5 heteroatoms. The summed E-state index contributed by atoms with van der Waals surface area (Å²) in [5.41, 5.74) is 5.18. The Morgan fingerprint density at radius 2 is 1.68 bits per heavy atom. The Labute approximate surface area is 130 Å². The molecule has 0 atom stereocenters. The van der Waals surface area contributed by atoms with E-state index >= 15 is 0 Å². The van der Waals surface area contributed by atoms with E-state index in [1.54, 1.807) is 7.11 Å². The van der Waals surface area contributed by atoms with E-state index in [0.29, 0.717) is 12.8 Å². The van der Waals surface area contributed by atoms with Gasteiger partial charge < -0.3 is 15.8 Å². The second kappa shape index (κ2) is 5.30. The van der Waals surface area contributed by atoms with Crippen molar-refractivity contribution in [2.45, 2.75) is 49.5 Å². The van der Waals surface area contributed by atoms with E-state index < -0.39 is 16.9 Å². The lowest BCUT2D eigenvalue weighted by atomic mass is 9.91. The maximum absolute atomic E-state index is 12.8. The van der Waals surface area contributed by atoms with Crippen LogP contribution in [0.1, 0.15) is 44.1 Å². The van der Waals surface area contributed by atoms with Crippen LogP contribution in [0.3, 0.4) is 0 Å². The zero-order valence-corrected chi connectivity index (χ0v) is 12.9. The van der Waals surface area contributed by atoms with Crippen molar-refractivity contribution in [2.24, 2.45) is 5.73 Å². The van der Waals surface area contributed by atoms with Crippen LogP contribution in [0, 0.1) is 0 Å². The fraction of sp³-hybridized carbons (Fsp3) is 0.529. The van der Waals surface area contributed by atoms with Crippen molar-refractivity contribution in [1.29, 1.82) is 0 Å². The van der Waals surface area contributed by atoms with Gasteiger partial charge in [-0.3, -0.25) is 9.59 Å². The largest absolute Gasteiger partial charge is 0.497 e. The second-order valence-electron chi connectivity index (χ2n) is 6.42. The molecule has 1 aromatic rings. The van der Waals surface area contributed by atoms with Gasteiger partial charge in [0.15, 0.2) is 0 Å². The molecule has 2 amide bonds. The highest BCUT2D eigenvalue weighted by molar-refractivity contribution is 5.97. The predicted octanol–water partition coefficient (Wildman–Crippen LogP) is 1.64. The summed E-state index contributed by atoms with van der Waals surface area (Å²) in [4.78, 5) is 24.6. The van der Waals surface area contributed by atoms with Gasteiger partial charge in [0.25, 0.3) is 0 Å². The fourth-order valence-electron chi connectivity index (χ4n) is 3.43. The molecule has 0 saturated heterocycles. The SMILES string of the molecule is COc1ccc(C2(C(=O)NC3(C(N)=O)CCCC3)CC2)cc1. The first-order valence-electron chi connectivity index (χ1n) is 7.79. The van der Waals surface area contributed by atoms with Crippen LogP contribution in [-0.2, 0) is 15.0 Å². The number of methoxy groups -OCH3 is 1. The first kappa shape index (κ1) is 14.9. The zero-order chi connectivity index (χ0) is 15.8. The van der Waals surface area contributed by atoms with Crippen LogP contribution in [0.15, 0.2) is 24.3 Å². The summed E-state index contributed by atoms with van der Waals surface area (Å²) in [6.45, 7) is 0. The molecule has 0 unspecified atom stereocenters. The van der Waals surface area contributed by atoms with Gasteiger partial charge in [0, 0.05) is 0 Å². The topological polar surface area (TPSA) is 81.4 Å². The summed E-state index contributed by atoms with van der Waals surface area (Å²) >= 11 is 0. The van der Waals surface area contributed by atoms with Crippen LogP contribution >= 0.6 is 0 Å². The van der Waals surface area contributed by atoms with Gasteiger partial charge in [0.1, 0.15) is 11.3 Å². The molecular formula is C17H22N2O3. The summed E-state index contributed by atoms with van der Waals surface area (Å²) in [5, 5.41) is 2.98. The van der Waals surface area contributed by atoms with Crippen LogP contribution in [0.4, 0.5) is 0 Å². The highest BCUT2D eigenvalue weighted by atomic mass is 16.5. The standard InChI is InChI=1S/C17H22N2O3/c1-22-13-6-4-12(5-7-13)16(10-11-16)15(21)19-17(14(18)20)8-2-3-9-17/h4-7H,2-3,8-11H2,1H3,(H2,18,20)(H,19,21). The van der Waals surface area contributed by atoms with Crippen LogP contribution in [0.2, 0.25) is 0 Å². The minimum Gasteiger partial charge on any atom is -0.497 e. The first-order chi connectivity index (χ1) is 10.5. The third-order valence-corrected chi connectivity index (χ3v) is 5.11. The number of primary amides is 1. The van der Waals surface area contributed by atoms with Gasteiger partial charge in [-0.05, 0) is 43.4 Å². The fourth-order valence-corrected chi connectivity index (χ4v) is 3.43. The van der Waals surface area contributed by atoms with Crippen molar-refractivity contribution in [3.8, 4) is 5.75 Å². The number of carbonyl (C=O) groups excluding carboxylic acids is 2. The maximum Gasteiger partial charge on any atom is 0.243 e. The lowest BCUT2D eigenvalue weighted by molar-refractivity contribution is -0.132. The summed E-state index contributed by atoms with van der Waals surface area (Å²) in [7, 11) is 1.62. The Kier molecular flexibility index (Phi) is 3.59. The Bertz CT molecular complexity index is 584. The normalized spacial score (nSPS) is 21.1. The highest BCUT2D eigenvalue weighted by Gasteiger charge is 2.54. The van der Waals surface area contributed by atoms with Crippen molar-refractivity contribution in [2.75, 3.05) is 7.11 Å². The molecule has 0 bridgehead atoms. The van der Waals surface area contributed by atoms with Crippen LogP contribution < -0.4 is 15.8 Å². The van der Waals surface area contributed by atoms with Gasteiger partial charge in [0.2, 0.25) is 11.8 Å². The van der Waals surface area contributed by atoms with Gasteiger partial charge in [-0.15, -0.1) is 0 Å². The number of nitrogens with two attached hydrogens (primary N) is 1. The molecule has 5 nitrogen and oxygen atoms in total. The zero-order valence-electron chi connectivity index (χ0n) is 12.9. The third kappa shape index (κ3) is 2.34. The number of carbonyl (C=O) groups is 2. The molecule has 2 fully saturated rings. The second-order valence-corrected chi connectivity index (χ2v) is 6.42. The van der Waals surface area contributed by atoms with E-state index in [1.807, 2.05) is 24.3 Å². The van der Waals surface area contributed by atoms with Crippen LogP contribution in [0.25, 0.3) is 0 Å². The Balaban J connectivity index is 1.80. The minimum absolute atomic E-state index is 0.0710. The van der Waals surface area contributed by atoms with Gasteiger partial charge in [-0.1, -0.05) is 25.0 Å². The van der Waals surface area contributed by atoms with E-state index in [0.717, 1.165) is 37.0 Å². The highest BCUT2D eigenvalue weighted by Crippen LogP contribution is 2.49. The number of amides is 2. The van der Waals surface area contributed by atoms with Gasteiger partial charge >= 0.3 is 0 Å². The Hall–Kier alpha value is -2.04. The molecule has 0 spiro atoms. The van der Waals surface area contributed by atoms with E-state index in [1.165, 1.54) is 0 Å². The van der Waals surface area contributed by atoms with Crippen molar-refractivity contribution < 1.29 is 14.3 Å². The van der Waals surface area contributed by atoms with E-state index in [9.17, 15) is 9.59 Å². The smallest absolute Gasteiger partial charge is 0.243 e. The lowest BCUT2D eigenvalue weighted by Crippen LogP contribution is -2.57. The molecule has 2 saturated carbocycles. The van der Waals surface area contributed by atoms with Gasteiger partial charge in [-0.2, -0.15) is 0 Å². The number of ether oxygens (including phenoxy) is 1. The molecule has 0 heterocycles. The number of rotatable bonds is 5. The number of hydrogen-bond donors (Lipinski definition) is 2. The quantitative estimate of drug-likeness (QED) is 0.867. The minimum atomic E-state index is -0.848. The van der Waals surface area contributed by atoms with Crippen molar-refractivity contribution in [3.05, 3.63) is 29.8 Å². The molecule has 3 rings (SSSR count). The van der Waals surface area contributed by atoms with Crippen LogP contribution in [0.5, 0.6) is 5.75 Å². The Morgan fingerprint density at radius 3 is 2.14 bits per heavy atom. The van der Waals surface area contributed by atoms with E-state index in [2.05, 4.69) is 5.32 Å². The van der Waals surface area contributed by atoms with Crippen molar-refractivity contribution >= 4 is 11.8 Å². The molecule has 0 aliphatic heterocycles.